The molecule has 1 saturated heterocycles. The summed E-state index contributed by atoms with van der Waals surface area (Å²) >= 11 is 0. The lowest BCUT2D eigenvalue weighted by molar-refractivity contribution is -0.122. The molecule has 0 spiro atoms. The Morgan fingerprint density at radius 3 is 2.62 bits per heavy atom. The first-order valence-corrected chi connectivity index (χ1v) is 9.54. The smallest absolute Gasteiger partial charge is 0.253 e. The van der Waals surface area contributed by atoms with Crippen LogP contribution in [0.4, 0.5) is 11.4 Å². The average molecular weight is 395 g/mol. The third kappa shape index (κ3) is 4.74. The third-order valence-corrected chi connectivity index (χ3v) is 4.71. The van der Waals surface area contributed by atoms with Gasteiger partial charge >= 0.3 is 0 Å². The molecule has 1 atom stereocenters. The molecule has 29 heavy (non-hydrogen) atoms. The first kappa shape index (κ1) is 20.4. The maximum Gasteiger partial charge on any atom is 0.253 e. The molecule has 2 aromatic carbocycles. The van der Waals surface area contributed by atoms with Gasteiger partial charge in [0.05, 0.1) is 24.3 Å². The zero-order valence-corrected chi connectivity index (χ0v) is 16.8. The molecule has 1 aliphatic heterocycles. The standard InChI is InChI=1S/C22H25N3O4/c1-14(2)23-22(28)18-9-4-5-10-19(18)24-21(27)15-11-20(26)25(13-15)16-7-6-8-17(12-16)29-3/h4-10,12,14-15H,11,13H2,1-3H3,(H,23,28)(H,24,27)/t15-/m0/s1. The molecule has 3 amide bonds. The third-order valence-electron chi connectivity index (χ3n) is 4.71. The number of para-hydroxylation sites is 1. The van der Waals surface area contributed by atoms with Crippen LogP contribution in [0.1, 0.15) is 30.6 Å². The van der Waals surface area contributed by atoms with Crippen molar-refractivity contribution >= 4 is 29.1 Å². The van der Waals surface area contributed by atoms with Gasteiger partial charge in [0.15, 0.2) is 0 Å². The average Bonchev–Trinajstić information content (AvgIpc) is 3.09. The quantitative estimate of drug-likeness (QED) is 0.787. The second kappa shape index (κ2) is 8.77. The number of ether oxygens (including phenoxy) is 1. The monoisotopic (exact) mass is 395 g/mol. The Morgan fingerprint density at radius 2 is 1.90 bits per heavy atom. The molecular formula is C22H25N3O4. The summed E-state index contributed by atoms with van der Waals surface area (Å²) in [6.45, 7) is 4.02. The molecule has 2 aromatic rings. The fourth-order valence-corrected chi connectivity index (χ4v) is 3.28. The van der Waals surface area contributed by atoms with Crippen molar-refractivity contribution in [3.63, 3.8) is 0 Å². The van der Waals surface area contributed by atoms with Crippen LogP contribution in [0.3, 0.4) is 0 Å². The van der Waals surface area contributed by atoms with Gasteiger partial charge in [-0.25, -0.2) is 0 Å². The molecule has 1 fully saturated rings. The highest BCUT2D eigenvalue weighted by Crippen LogP contribution is 2.29. The Bertz CT molecular complexity index is 926. The summed E-state index contributed by atoms with van der Waals surface area (Å²) < 4.78 is 5.21. The largest absolute Gasteiger partial charge is 0.497 e. The molecule has 152 valence electrons. The van der Waals surface area contributed by atoms with Crippen molar-refractivity contribution in [2.24, 2.45) is 5.92 Å². The minimum atomic E-state index is -0.505. The lowest BCUT2D eigenvalue weighted by atomic mass is 10.1. The Kier molecular flexibility index (Phi) is 6.16. The van der Waals surface area contributed by atoms with Gasteiger partial charge in [-0.15, -0.1) is 0 Å². The van der Waals surface area contributed by atoms with E-state index in [1.807, 2.05) is 19.9 Å². The van der Waals surface area contributed by atoms with Gasteiger partial charge in [-0.2, -0.15) is 0 Å². The van der Waals surface area contributed by atoms with Gasteiger partial charge < -0.3 is 20.3 Å². The first-order chi connectivity index (χ1) is 13.9. The molecule has 0 bridgehead atoms. The number of nitrogens with zero attached hydrogens (tertiary/aromatic N) is 1. The fraction of sp³-hybridized carbons (Fsp3) is 0.318. The number of nitrogens with one attached hydrogen (secondary N) is 2. The summed E-state index contributed by atoms with van der Waals surface area (Å²) in [5.41, 5.74) is 1.52. The minimum Gasteiger partial charge on any atom is -0.497 e. The zero-order chi connectivity index (χ0) is 21.0. The second-order valence-electron chi connectivity index (χ2n) is 7.27. The highest BCUT2D eigenvalue weighted by molar-refractivity contribution is 6.07. The Hall–Kier alpha value is -3.35. The maximum absolute atomic E-state index is 12.8. The normalized spacial score (nSPS) is 16.1. The van der Waals surface area contributed by atoms with Crippen molar-refractivity contribution in [3.05, 3.63) is 54.1 Å². The Balaban J connectivity index is 1.72. The maximum atomic E-state index is 12.8. The number of carbonyl (C=O) groups excluding carboxylic acids is 3. The Morgan fingerprint density at radius 1 is 1.14 bits per heavy atom. The van der Waals surface area contributed by atoms with Gasteiger partial charge in [0, 0.05) is 30.8 Å². The highest BCUT2D eigenvalue weighted by atomic mass is 16.5. The number of carbonyl (C=O) groups is 3. The summed E-state index contributed by atoms with van der Waals surface area (Å²) in [6.07, 6.45) is 0.114. The summed E-state index contributed by atoms with van der Waals surface area (Å²) in [5.74, 6) is -0.516. The van der Waals surface area contributed by atoms with Gasteiger partial charge in [-0.3, -0.25) is 14.4 Å². The van der Waals surface area contributed by atoms with E-state index in [9.17, 15) is 14.4 Å². The second-order valence-corrected chi connectivity index (χ2v) is 7.27. The predicted molar refractivity (Wildman–Crippen MR) is 111 cm³/mol. The SMILES string of the molecule is COc1cccc(N2C[C@@H](C(=O)Nc3ccccc3C(=O)NC(C)C)CC2=O)c1. The molecule has 1 heterocycles. The lowest BCUT2D eigenvalue weighted by Crippen LogP contribution is -2.32. The molecule has 0 unspecified atom stereocenters. The summed E-state index contributed by atoms with van der Waals surface area (Å²) in [5, 5.41) is 5.64. The van der Waals surface area contributed by atoms with Crippen LogP contribution in [0.2, 0.25) is 0 Å². The van der Waals surface area contributed by atoms with Crippen molar-refractivity contribution in [1.82, 2.24) is 5.32 Å². The minimum absolute atomic E-state index is 0.0184. The number of anilines is 2. The van der Waals surface area contributed by atoms with E-state index in [-0.39, 0.29) is 36.7 Å². The van der Waals surface area contributed by atoms with Crippen LogP contribution in [0, 0.1) is 5.92 Å². The molecule has 0 aromatic heterocycles. The molecule has 0 saturated carbocycles. The number of benzene rings is 2. The van der Waals surface area contributed by atoms with Crippen LogP contribution < -0.4 is 20.3 Å². The summed E-state index contributed by atoms with van der Waals surface area (Å²) in [6, 6.07) is 14.0. The first-order valence-electron chi connectivity index (χ1n) is 9.54. The van der Waals surface area contributed by atoms with E-state index in [0.717, 1.165) is 0 Å². The number of methoxy groups -OCH3 is 1. The van der Waals surface area contributed by atoms with E-state index >= 15 is 0 Å². The Labute approximate surface area is 170 Å². The van der Waals surface area contributed by atoms with Gasteiger partial charge in [0.2, 0.25) is 11.8 Å². The molecule has 7 heteroatoms. The van der Waals surface area contributed by atoms with Crippen LogP contribution in [0.5, 0.6) is 5.75 Å². The number of rotatable bonds is 6. The lowest BCUT2D eigenvalue weighted by Gasteiger charge is -2.18. The van der Waals surface area contributed by atoms with Gasteiger partial charge in [0.25, 0.3) is 5.91 Å². The zero-order valence-electron chi connectivity index (χ0n) is 16.8. The summed E-state index contributed by atoms with van der Waals surface area (Å²) in [7, 11) is 1.56. The van der Waals surface area contributed by atoms with Gasteiger partial charge in [0.1, 0.15) is 5.75 Å². The van der Waals surface area contributed by atoms with Crippen molar-refractivity contribution in [2.75, 3.05) is 23.9 Å². The van der Waals surface area contributed by atoms with E-state index in [0.29, 0.717) is 22.7 Å². The van der Waals surface area contributed by atoms with Crippen molar-refractivity contribution in [2.45, 2.75) is 26.3 Å². The van der Waals surface area contributed by atoms with E-state index in [2.05, 4.69) is 10.6 Å². The van der Waals surface area contributed by atoms with Crippen molar-refractivity contribution in [1.29, 1.82) is 0 Å². The summed E-state index contributed by atoms with van der Waals surface area (Å²) in [4.78, 5) is 39.3. The van der Waals surface area contributed by atoms with Gasteiger partial charge in [-0.05, 0) is 38.1 Å². The van der Waals surface area contributed by atoms with Crippen LogP contribution in [-0.4, -0.2) is 37.4 Å². The van der Waals surface area contributed by atoms with Crippen LogP contribution >= 0.6 is 0 Å². The molecule has 1 aliphatic rings. The van der Waals surface area contributed by atoms with E-state index < -0.39 is 5.92 Å². The molecule has 7 nitrogen and oxygen atoms in total. The predicted octanol–water partition coefficient (Wildman–Crippen LogP) is 2.83. The number of amides is 3. The number of hydrogen-bond acceptors (Lipinski definition) is 4. The van der Waals surface area contributed by atoms with E-state index in [1.165, 1.54) is 0 Å². The molecular weight excluding hydrogens is 370 g/mol. The van der Waals surface area contributed by atoms with Crippen LogP contribution in [0.15, 0.2) is 48.5 Å². The van der Waals surface area contributed by atoms with E-state index in [1.54, 1.807) is 54.5 Å². The molecule has 0 radical (unpaired) electrons. The topological polar surface area (TPSA) is 87.7 Å². The molecule has 3 rings (SSSR count). The molecule has 0 aliphatic carbocycles. The molecule has 2 N–H and O–H groups in total. The highest BCUT2D eigenvalue weighted by Gasteiger charge is 2.35. The van der Waals surface area contributed by atoms with E-state index in [4.69, 9.17) is 4.74 Å². The fourth-order valence-electron chi connectivity index (χ4n) is 3.28. The van der Waals surface area contributed by atoms with Crippen molar-refractivity contribution < 1.29 is 19.1 Å². The van der Waals surface area contributed by atoms with Crippen molar-refractivity contribution in [3.8, 4) is 5.75 Å². The van der Waals surface area contributed by atoms with Crippen LogP contribution in [-0.2, 0) is 9.59 Å². The van der Waals surface area contributed by atoms with Crippen LogP contribution in [0.25, 0.3) is 0 Å². The number of hydrogen-bond donors (Lipinski definition) is 2. The van der Waals surface area contributed by atoms with Gasteiger partial charge in [-0.1, -0.05) is 18.2 Å².